The second kappa shape index (κ2) is 9.02. The molecular formula is C21H26O4. The van der Waals surface area contributed by atoms with Crippen LogP contribution >= 0.6 is 0 Å². The summed E-state index contributed by atoms with van der Waals surface area (Å²) in [6, 6.07) is 11.9. The van der Waals surface area contributed by atoms with Crippen molar-refractivity contribution in [3.05, 3.63) is 60.2 Å². The van der Waals surface area contributed by atoms with E-state index in [1.165, 1.54) is 0 Å². The highest BCUT2D eigenvalue weighted by Gasteiger charge is 2.12. The maximum Gasteiger partial charge on any atom is 0.161 e. The van der Waals surface area contributed by atoms with Gasteiger partial charge in [0.05, 0.1) is 21.3 Å². The van der Waals surface area contributed by atoms with Crippen LogP contribution in [0.2, 0.25) is 0 Å². The fourth-order valence-electron chi connectivity index (χ4n) is 2.70. The summed E-state index contributed by atoms with van der Waals surface area (Å²) in [5.74, 6) is 2.92. The molecule has 1 atom stereocenters. The van der Waals surface area contributed by atoms with E-state index in [2.05, 4.69) is 6.58 Å². The molecule has 0 aliphatic carbocycles. The molecular weight excluding hydrogens is 316 g/mol. The summed E-state index contributed by atoms with van der Waals surface area (Å²) in [4.78, 5) is 0. The first kappa shape index (κ1) is 18.7. The van der Waals surface area contributed by atoms with E-state index in [1.807, 2.05) is 49.4 Å². The van der Waals surface area contributed by atoms with Crippen LogP contribution in [0.1, 0.15) is 18.1 Å². The second-order valence-electron chi connectivity index (χ2n) is 5.80. The molecule has 0 N–H and O–H groups in total. The van der Waals surface area contributed by atoms with E-state index in [1.54, 1.807) is 21.3 Å². The molecule has 0 heterocycles. The van der Waals surface area contributed by atoms with E-state index < -0.39 is 0 Å². The first-order valence-electron chi connectivity index (χ1n) is 8.26. The lowest BCUT2D eigenvalue weighted by Crippen LogP contribution is -2.15. The van der Waals surface area contributed by atoms with Crippen LogP contribution in [0.4, 0.5) is 0 Å². The molecule has 0 saturated carbocycles. The molecule has 0 bridgehead atoms. The van der Waals surface area contributed by atoms with E-state index in [-0.39, 0.29) is 6.10 Å². The minimum Gasteiger partial charge on any atom is -0.493 e. The highest BCUT2D eigenvalue weighted by atomic mass is 16.5. The van der Waals surface area contributed by atoms with Crippen molar-refractivity contribution in [1.82, 2.24) is 0 Å². The Balaban J connectivity index is 2.09. The fourth-order valence-corrected chi connectivity index (χ4v) is 2.70. The first-order chi connectivity index (χ1) is 12.1. The first-order valence-corrected chi connectivity index (χ1v) is 8.26. The molecule has 0 amide bonds. The van der Waals surface area contributed by atoms with E-state index in [0.717, 1.165) is 47.0 Å². The van der Waals surface area contributed by atoms with Crippen LogP contribution in [0.15, 0.2) is 49.1 Å². The molecule has 0 spiro atoms. The summed E-state index contributed by atoms with van der Waals surface area (Å²) in [5.41, 5.74) is 2.26. The molecule has 0 aromatic heterocycles. The van der Waals surface area contributed by atoms with Gasteiger partial charge in [-0.15, -0.1) is 6.58 Å². The highest BCUT2D eigenvalue weighted by Crippen LogP contribution is 2.31. The number of ether oxygens (including phenoxy) is 4. The van der Waals surface area contributed by atoms with Crippen molar-refractivity contribution in [2.75, 3.05) is 21.3 Å². The van der Waals surface area contributed by atoms with Gasteiger partial charge in [0.25, 0.3) is 0 Å². The lowest BCUT2D eigenvalue weighted by atomic mass is 10.1. The van der Waals surface area contributed by atoms with E-state index in [0.29, 0.717) is 0 Å². The normalized spacial score (nSPS) is 11.5. The number of methoxy groups -OCH3 is 3. The second-order valence-corrected chi connectivity index (χ2v) is 5.80. The van der Waals surface area contributed by atoms with Gasteiger partial charge in [0.15, 0.2) is 23.0 Å². The Kier molecular flexibility index (Phi) is 6.75. The molecule has 0 unspecified atom stereocenters. The van der Waals surface area contributed by atoms with Gasteiger partial charge in [-0.25, -0.2) is 0 Å². The minimum atomic E-state index is -0.0164. The van der Waals surface area contributed by atoms with Crippen LogP contribution in [0.3, 0.4) is 0 Å². The number of benzene rings is 2. The van der Waals surface area contributed by atoms with Gasteiger partial charge in [-0.2, -0.15) is 0 Å². The maximum absolute atomic E-state index is 6.08. The largest absolute Gasteiger partial charge is 0.493 e. The average molecular weight is 342 g/mol. The van der Waals surface area contributed by atoms with Crippen LogP contribution in [0.5, 0.6) is 23.0 Å². The monoisotopic (exact) mass is 342 g/mol. The summed E-state index contributed by atoms with van der Waals surface area (Å²) < 4.78 is 22.2. The molecule has 134 valence electrons. The fraction of sp³-hybridized carbons (Fsp3) is 0.333. The van der Waals surface area contributed by atoms with Crippen molar-refractivity contribution in [3.63, 3.8) is 0 Å². The molecule has 4 nitrogen and oxygen atoms in total. The Morgan fingerprint density at radius 2 is 1.40 bits per heavy atom. The lowest BCUT2D eigenvalue weighted by Gasteiger charge is -2.18. The molecule has 0 radical (unpaired) electrons. The standard InChI is InChI=1S/C21H26O4/c1-6-7-16-8-11-19(21(13-16)24-5)25-15(2)12-17-9-10-18(22-3)20(14-17)23-4/h6,8-11,13-15H,1,7,12H2,2-5H3/t15-/m0/s1. The van der Waals surface area contributed by atoms with Gasteiger partial charge in [-0.05, 0) is 48.7 Å². The Morgan fingerprint density at radius 3 is 2.04 bits per heavy atom. The third-order valence-corrected chi connectivity index (χ3v) is 3.91. The summed E-state index contributed by atoms with van der Waals surface area (Å²) in [5, 5.41) is 0. The lowest BCUT2D eigenvalue weighted by molar-refractivity contribution is 0.211. The zero-order chi connectivity index (χ0) is 18.2. The molecule has 25 heavy (non-hydrogen) atoms. The predicted octanol–water partition coefficient (Wildman–Crippen LogP) is 4.45. The smallest absolute Gasteiger partial charge is 0.161 e. The molecule has 0 aliphatic heterocycles. The summed E-state index contributed by atoms with van der Waals surface area (Å²) in [6.07, 6.45) is 3.40. The van der Waals surface area contributed by atoms with Crippen LogP contribution in [0, 0.1) is 0 Å². The molecule has 0 saturated heterocycles. The quantitative estimate of drug-likeness (QED) is 0.631. The number of hydrogen-bond donors (Lipinski definition) is 0. The molecule has 2 rings (SSSR count). The Morgan fingerprint density at radius 1 is 0.840 bits per heavy atom. The van der Waals surface area contributed by atoms with E-state index >= 15 is 0 Å². The van der Waals surface area contributed by atoms with Gasteiger partial charge in [0.2, 0.25) is 0 Å². The topological polar surface area (TPSA) is 36.9 Å². The molecule has 2 aromatic rings. The van der Waals surface area contributed by atoms with Gasteiger partial charge in [-0.3, -0.25) is 0 Å². The Hall–Kier alpha value is -2.62. The zero-order valence-corrected chi connectivity index (χ0v) is 15.4. The third kappa shape index (κ3) is 4.92. The van der Waals surface area contributed by atoms with Crippen molar-refractivity contribution in [2.45, 2.75) is 25.9 Å². The molecule has 4 heteroatoms. The van der Waals surface area contributed by atoms with E-state index in [9.17, 15) is 0 Å². The van der Waals surface area contributed by atoms with Crippen LogP contribution in [-0.2, 0) is 12.8 Å². The summed E-state index contributed by atoms with van der Waals surface area (Å²) in [7, 11) is 4.92. The van der Waals surface area contributed by atoms with Gasteiger partial charge in [0, 0.05) is 6.42 Å². The van der Waals surface area contributed by atoms with Gasteiger partial charge in [0.1, 0.15) is 6.10 Å². The molecule has 2 aromatic carbocycles. The summed E-state index contributed by atoms with van der Waals surface area (Å²) in [6.45, 7) is 5.80. The third-order valence-electron chi connectivity index (χ3n) is 3.91. The Labute approximate surface area is 150 Å². The maximum atomic E-state index is 6.08. The van der Waals surface area contributed by atoms with Crippen LogP contribution < -0.4 is 18.9 Å². The summed E-state index contributed by atoms with van der Waals surface area (Å²) >= 11 is 0. The van der Waals surface area contributed by atoms with Gasteiger partial charge < -0.3 is 18.9 Å². The minimum absolute atomic E-state index is 0.0164. The van der Waals surface area contributed by atoms with Gasteiger partial charge in [-0.1, -0.05) is 18.2 Å². The number of hydrogen-bond acceptors (Lipinski definition) is 4. The van der Waals surface area contributed by atoms with Crippen molar-refractivity contribution < 1.29 is 18.9 Å². The zero-order valence-electron chi connectivity index (χ0n) is 15.4. The highest BCUT2D eigenvalue weighted by molar-refractivity contribution is 5.44. The van der Waals surface area contributed by atoms with Crippen molar-refractivity contribution in [3.8, 4) is 23.0 Å². The number of allylic oxidation sites excluding steroid dienone is 1. The van der Waals surface area contributed by atoms with Crippen LogP contribution in [0.25, 0.3) is 0 Å². The van der Waals surface area contributed by atoms with Crippen molar-refractivity contribution >= 4 is 0 Å². The van der Waals surface area contributed by atoms with E-state index in [4.69, 9.17) is 18.9 Å². The predicted molar refractivity (Wildman–Crippen MR) is 100 cm³/mol. The SMILES string of the molecule is C=CCc1ccc(O[C@@H](C)Cc2ccc(OC)c(OC)c2)c(OC)c1. The van der Waals surface area contributed by atoms with Crippen molar-refractivity contribution in [1.29, 1.82) is 0 Å². The average Bonchev–Trinajstić information content (AvgIpc) is 2.63. The van der Waals surface area contributed by atoms with Crippen molar-refractivity contribution in [2.24, 2.45) is 0 Å². The Bertz CT molecular complexity index is 709. The molecule has 0 fully saturated rings. The van der Waals surface area contributed by atoms with Gasteiger partial charge >= 0.3 is 0 Å². The van der Waals surface area contributed by atoms with Crippen LogP contribution in [-0.4, -0.2) is 27.4 Å². The number of rotatable bonds is 9. The molecule has 0 aliphatic rings.